The number of hydrogen-bond acceptors (Lipinski definition) is 3. The predicted molar refractivity (Wildman–Crippen MR) is 43.1 cm³/mol. The molecule has 0 aromatic carbocycles. The summed E-state index contributed by atoms with van der Waals surface area (Å²) in [4.78, 5) is 3.71. The van der Waals surface area contributed by atoms with Gasteiger partial charge in [0.15, 0.2) is 6.29 Å². The number of aliphatic hydroxyl groups is 1. The molecule has 0 aliphatic rings. The maximum Gasteiger partial charge on any atom is 0.188 e. The van der Waals surface area contributed by atoms with Gasteiger partial charge in [-0.15, -0.1) is 0 Å². The van der Waals surface area contributed by atoms with Gasteiger partial charge in [-0.3, -0.25) is 0 Å². The lowest BCUT2D eigenvalue weighted by Gasteiger charge is -2.04. The summed E-state index contributed by atoms with van der Waals surface area (Å²) in [5.41, 5.74) is 0. The molecule has 0 aromatic rings. The molecule has 0 heterocycles. The third kappa shape index (κ3) is 7.78. The van der Waals surface area contributed by atoms with Crippen molar-refractivity contribution in [1.82, 2.24) is 0 Å². The normalized spacial score (nSPS) is 13.4. The summed E-state index contributed by atoms with van der Waals surface area (Å²) < 4.78 is 0. The lowest BCUT2D eigenvalue weighted by molar-refractivity contribution is -0.335. The fourth-order valence-electron chi connectivity index (χ4n) is 0.975. The predicted octanol–water partition coefficient (Wildman–Crippen LogP) is 2.15. The Bertz CT molecular complexity index is 75.7. The van der Waals surface area contributed by atoms with Gasteiger partial charge < -0.3 is 5.11 Å². The Morgan fingerprint density at radius 2 is 1.82 bits per heavy atom. The van der Waals surface area contributed by atoms with Crippen molar-refractivity contribution >= 4 is 0 Å². The second-order valence-electron chi connectivity index (χ2n) is 2.76. The number of hydrogen-bond donors (Lipinski definition) is 2. The zero-order valence-corrected chi connectivity index (χ0v) is 7.12. The Kier molecular flexibility index (Phi) is 7.89. The van der Waals surface area contributed by atoms with Crippen LogP contribution >= 0.6 is 0 Å². The average Bonchev–Trinajstić information content (AvgIpc) is 2.04. The molecule has 3 heteroatoms. The molecule has 0 spiro atoms. The molecule has 0 radical (unpaired) electrons. The SMILES string of the molecule is CCCCCCCC(O)OO. The van der Waals surface area contributed by atoms with Crippen molar-refractivity contribution < 1.29 is 15.3 Å². The van der Waals surface area contributed by atoms with E-state index in [1.54, 1.807) is 0 Å². The summed E-state index contributed by atoms with van der Waals surface area (Å²) in [6.07, 6.45) is 5.23. The van der Waals surface area contributed by atoms with Crippen LogP contribution in [0.25, 0.3) is 0 Å². The van der Waals surface area contributed by atoms with E-state index in [0.29, 0.717) is 6.42 Å². The molecular formula is C8H18O3. The smallest absolute Gasteiger partial charge is 0.188 e. The molecule has 3 nitrogen and oxygen atoms in total. The Morgan fingerprint density at radius 1 is 1.18 bits per heavy atom. The summed E-state index contributed by atoms with van der Waals surface area (Å²) in [5.74, 6) is 0. The van der Waals surface area contributed by atoms with Crippen molar-refractivity contribution in [3.05, 3.63) is 0 Å². The number of aliphatic hydroxyl groups excluding tert-OH is 1. The van der Waals surface area contributed by atoms with Gasteiger partial charge in [0.05, 0.1) is 0 Å². The monoisotopic (exact) mass is 162 g/mol. The second-order valence-corrected chi connectivity index (χ2v) is 2.76. The van der Waals surface area contributed by atoms with E-state index >= 15 is 0 Å². The maximum absolute atomic E-state index is 8.74. The molecule has 0 aliphatic carbocycles. The van der Waals surface area contributed by atoms with E-state index in [2.05, 4.69) is 11.8 Å². The van der Waals surface area contributed by atoms with Crippen molar-refractivity contribution in [2.24, 2.45) is 0 Å². The van der Waals surface area contributed by atoms with Gasteiger partial charge in [-0.1, -0.05) is 32.6 Å². The molecule has 11 heavy (non-hydrogen) atoms. The molecule has 0 fully saturated rings. The fraction of sp³-hybridized carbons (Fsp3) is 1.00. The van der Waals surface area contributed by atoms with Crippen LogP contribution in [0.5, 0.6) is 0 Å². The van der Waals surface area contributed by atoms with Crippen LogP contribution in [0.15, 0.2) is 0 Å². The van der Waals surface area contributed by atoms with Gasteiger partial charge in [0.1, 0.15) is 0 Å². The molecule has 0 saturated heterocycles. The minimum atomic E-state index is -0.989. The van der Waals surface area contributed by atoms with Gasteiger partial charge in [0, 0.05) is 6.42 Å². The minimum absolute atomic E-state index is 0.528. The summed E-state index contributed by atoms with van der Waals surface area (Å²) in [6, 6.07) is 0. The van der Waals surface area contributed by atoms with Gasteiger partial charge in [0.25, 0.3) is 0 Å². The minimum Gasteiger partial charge on any atom is -0.366 e. The molecule has 1 unspecified atom stereocenters. The standard InChI is InChI=1S/C8H18O3/c1-2-3-4-5-6-7-8(9)11-10/h8-10H,2-7H2,1H3. The molecule has 0 bridgehead atoms. The quantitative estimate of drug-likeness (QED) is 0.261. The Morgan fingerprint density at radius 3 is 2.36 bits per heavy atom. The lowest BCUT2D eigenvalue weighted by Crippen LogP contribution is -2.08. The molecule has 0 rings (SSSR count). The maximum atomic E-state index is 8.74. The first kappa shape index (κ1) is 10.9. The summed E-state index contributed by atoms with van der Waals surface area (Å²) in [5, 5.41) is 16.7. The molecule has 0 aromatic heterocycles. The van der Waals surface area contributed by atoms with Crippen LogP contribution in [-0.2, 0) is 4.89 Å². The third-order valence-corrected chi connectivity index (χ3v) is 1.68. The van der Waals surface area contributed by atoms with Crippen LogP contribution < -0.4 is 0 Å². The molecule has 2 N–H and O–H groups in total. The van der Waals surface area contributed by atoms with Gasteiger partial charge in [-0.25, -0.2) is 10.1 Å². The molecule has 0 amide bonds. The van der Waals surface area contributed by atoms with E-state index in [4.69, 9.17) is 10.4 Å². The molecule has 1 atom stereocenters. The Hall–Kier alpha value is -0.120. The molecule has 0 saturated carbocycles. The Balaban J connectivity index is 2.89. The number of unbranched alkanes of at least 4 members (excludes halogenated alkanes) is 4. The van der Waals surface area contributed by atoms with E-state index in [0.717, 1.165) is 12.8 Å². The van der Waals surface area contributed by atoms with Crippen molar-refractivity contribution in [2.75, 3.05) is 0 Å². The first-order chi connectivity index (χ1) is 5.31. The summed E-state index contributed by atoms with van der Waals surface area (Å²) in [7, 11) is 0. The highest BCUT2D eigenvalue weighted by Gasteiger charge is 2.00. The van der Waals surface area contributed by atoms with Gasteiger partial charge in [-0.05, 0) is 6.42 Å². The van der Waals surface area contributed by atoms with Gasteiger partial charge >= 0.3 is 0 Å². The zero-order valence-electron chi connectivity index (χ0n) is 7.12. The van der Waals surface area contributed by atoms with E-state index in [9.17, 15) is 0 Å². The zero-order chi connectivity index (χ0) is 8.53. The van der Waals surface area contributed by atoms with E-state index < -0.39 is 6.29 Å². The first-order valence-electron chi connectivity index (χ1n) is 4.29. The topological polar surface area (TPSA) is 49.7 Å². The van der Waals surface area contributed by atoms with E-state index in [1.807, 2.05) is 0 Å². The number of rotatable bonds is 7. The highest BCUT2D eigenvalue weighted by atomic mass is 17.1. The van der Waals surface area contributed by atoms with Crippen molar-refractivity contribution in [2.45, 2.75) is 51.7 Å². The van der Waals surface area contributed by atoms with Gasteiger partial charge in [0.2, 0.25) is 0 Å². The fourth-order valence-corrected chi connectivity index (χ4v) is 0.975. The van der Waals surface area contributed by atoms with Crippen LogP contribution in [-0.4, -0.2) is 16.7 Å². The average molecular weight is 162 g/mol. The third-order valence-electron chi connectivity index (χ3n) is 1.68. The molecule has 68 valence electrons. The van der Waals surface area contributed by atoms with Crippen LogP contribution in [0.4, 0.5) is 0 Å². The van der Waals surface area contributed by atoms with E-state index in [-0.39, 0.29) is 0 Å². The summed E-state index contributed by atoms with van der Waals surface area (Å²) >= 11 is 0. The summed E-state index contributed by atoms with van der Waals surface area (Å²) in [6.45, 7) is 2.16. The highest BCUT2D eigenvalue weighted by Crippen LogP contribution is 2.06. The van der Waals surface area contributed by atoms with Crippen LogP contribution in [0, 0.1) is 0 Å². The van der Waals surface area contributed by atoms with Crippen molar-refractivity contribution in [1.29, 1.82) is 0 Å². The largest absolute Gasteiger partial charge is 0.366 e. The first-order valence-corrected chi connectivity index (χ1v) is 4.29. The highest BCUT2D eigenvalue weighted by molar-refractivity contribution is 4.44. The Labute approximate surface area is 67.9 Å². The molecule has 0 aliphatic heterocycles. The van der Waals surface area contributed by atoms with Gasteiger partial charge in [-0.2, -0.15) is 0 Å². The van der Waals surface area contributed by atoms with Crippen LogP contribution in [0.3, 0.4) is 0 Å². The second kappa shape index (κ2) is 7.98. The van der Waals surface area contributed by atoms with E-state index in [1.165, 1.54) is 19.3 Å². The molecular weight excluding hydrogens is 144 g/mol. The van der Waals surface area contributed by atoms with Crippen molar-refractivity contribution in [3.63, 3.8) is 0 Å². The van der Waals surface area contributed by atoms with Crippen LogP contribution in [0.1, 0.15) is 45.4 Å². The van der Waals surface area contributed by atoms with Crippen LogP contribution in [0.2, 0.25) is 0 Å². The van der Waals surface area contributed by atoms with Crippen molar-refractivity contribution in [3.8, 4) is 0 Å². The lowest BCUT2D eigenvalue weighted by atomic mass is 10.1.